The third kappa shape index (κ3) is 0.518. The van der Waals surface area contributed by atoms with Gasteiger partial charge in [-0.1, -0.05) is 6.08 Å². The first kappa shape index (κ1) is 5.77. The van der Waals surface area contributed by atoms with E-state index >= 15 is 0 Å². The van der Waals surface area contributed by atoms with Crippen molar-refractivity contribution in [1.82, 2.24) is 0 Å². The molecule has 0 amide bonds. The van der Waals surface area contributed by atoms with E-state index in [1.807, 2.05) is 12.2 Å². The fourth-order valence-corrected chi connectivity index (χ4v) is 2.15. The molecule has 3 aliphatic heterocycles. The molecule has 2 bridgehead atoms. The van der Waals surface area contributed by atoms with Crippen molar-refractivity contribution >= 4 is 5.97 Å². The summed E-state index contributed by atoms with van der Waals surface area (Å²) in [6, 6.07) is 0. The van der Waals surface area contributed by atoms with Gasteiger partial charge in [0.1, 0.15) is 12.2 Å². The van der Waals surface area contributed by atoms with Crippen LogP contribution in [0.5, 0.6) is 0 Å². The first-order chi connectivity index (χ1) is 5.30. The van der Waals surface area contributed by atoms with Gasteiger partial charge < -0.3 is 9.47 Å². The number of fused-ring (bicyclic) bond motifs is 1. The van der Waals surface area contributed by atoms with E-state index in [0.717, 1.165) is 6.42 Å². The van der Waals surface area contributed by atoms with Crippen LogP contribution in [0, 0.1) is 5.92 Å². The molecule has 3 heteroatoms. The molecule has 3 atom stereocenters. The molecule has 58 valence electrons. The molecule has 0 radical (unpaired) electrons. The van der Waals surface area contributed by atoms with Crippen LogP contribution in [0.25, 0.3) is 0 Å². The minimum Gasteiger partial charge on any atom is -0.462 e. The summed E-state index contributed by atoms with van der Waals surface area (Å²) in [4.78, 5) is 11.1. The highest BCUT2D eigenvalue weighted by Gasteiger charge is 2.58. The van der Waals surface area contributed by atoms with Gasteiger partial charge >= 0.3 is 5.97 Å². The Balaban J connectivity index is 2.09. The molecule has 0 aromatic rings. The van der Waals surface area contributed by atoms with Crippen LogP contribution >= 0.6 is 0 Å². The molecule has 3 rings (SSSR count). The molecule has 3 heterocycles. The maximum absolute atomic E-state index is 11.1. The van der Waals surface area contributed by atoms with Crippen LogP contribution in [0.15, 0.2) is 12.2 Å². The fourth-order valence-electron chi connectivity index (χ4n) is 2.15. The number of hydrogen-bond acceptors (Lipinski definition) is 3. The summed E-state index contributed by atoms with van der Waals surface area (Å²) in [7, 11) is 0. The number of hydrogen-bond donors (Lipinski definition) is 0. The Morgan fingerprint density at radius 1 is 1.64 bits per heavy atom. The summed E-state index contributed by atoms with van der Waals surface area (Å²) in [6.45, 7) is 0.420. The molecule has 2 fully saturated rings. The van der Waals surface area contributed by atoms with E-state index in [0.29, 0.717) is 6.61 Å². The van der Waals surface area contributed by atoms with Gasteiger partial charge in [0.25, 0.3) is 0 Å². The molecule has 0 aromatic heterocycles. The number of rotatable bonds is 0. The van der Waals surface area contributed by atoms with Crippen molar-refractivity contribution < 1.29 is 14.3 Å². The molecule has 3 aliphatic rings. The molecule has 0 unspecified atom stereocenters. The first-order valence-electron chi connectivity index (χ1n) is 3.84. The molecule has 2 saturated heterocycles. The molecule has 0 aromatic carbocycles. The van der Waals surface area contributed by atoms with Gasteiger partial charge in [-0.05, 0) is 12.5 Å². The van der Waals surface area contributed by atoms with Gasteiger partial charge in [0, 0.05) is 0 Å². The standard InChI is InChI=1S/C8H8O3/c9-7-6-3-5-1-2-8(6,11-5)4-10-7/h1-2,5-6H,3-4H2/t5-,6+,8-/m1/s1. The van der Waals surface area contributed by atoms with Gasteiger partial charge in [-0.2, -0.15) is 0 Å². The van der Waals surface area contributed by atoms with E-state index in [2.05, 4.69) is 0 Å². The van der Waals surface area contributed by atoms with Gasteiger partial charge in [0.05, 0.1) is 12.0 Å². The number of carbonyl (C=O) groups is 1. The smallest absolute Gasteiger partial charge is 0.312 e. The van der Waals surface area contributed by atoms with Crippen molar-refractivity contribution in [2.45, 2.75) is 18.1 Å². The minimum atomic E-state index is -0.359. The van der Waals surface area contributed by atoms with Crippen molar-refractivity contribution in [1.29, 1.82) is 0 Å². The molecule has 0 saturated carbocycles. The average molecular weight is 152 g/mol. The SMILES string of the molecule is O=C1OC[C@]23C=C[C@H](C[C@@H]12)O3. The zero-order chi connectivity index (χ0) is 7.47. The predicted octanol–water partition coefficient (Wildman–Crippen LogP) is 0.257. The highest BCUT2D eigenvalue weighted by molar-refractivity contribution is 5.78. The summed E-state index contributed by atoms with van der Waals surface area (Å²) in [6.07, 6.45) is 5.00. The van der Waals surface area contributed by atoms with Crippen molar-refractivity contribution in [3.63, 3.8) is 0 Å². The van der Waals surface area contributed by atoms with Crippen LogP contribution in [0.2, 0.25) is 0 Å². The second-order valence-electron chi connectivity index (χ2n) is 3.37. The Labute approximate surface area is 64.0 Å². The largest absolute Gasteiger partial charge is 0.462 e. The van der Waals surface area contributed by atoms with Gasteiger partial charge in [-0.3, -0.25) is 4.79 Å². The quantitative estimate of drug-likeness (QED) is 0.369. The van der Waals surface area contributed by atoms with Gasteiger partial charge in [-0.15, -0.1) is 0 Å². The van der Waals surface area contributed by atoms with Crippen LogP contribution in [-0.2, 0) is 14.3 Å². The minimum absolute atomic E-state index is 0.0162. The third-order valence-electron chi connectivity index (χ3n) is 2.75. The third-order valence-corrected chi connectivity index (χ3v) is 2.75. The van der Waals surface area contributed by atoms with Crippen LogP contribution in [-0.4, -0.2) is 24.3 Å². The van der Waals surface area contributed by atoms with Gasteiger partial charge in [-0.25, -0.2) is 0 Å². The van der Waals surface area contributed by atoms with Crippen LogP contribution in [0.1, 0.15) is 6.42 Å². The van der Waals surface area contributed by atoms with Gasteiger partial charge in [0.15, 0.2) is 0 Å². The van der Waals surface area contributed by atoms with Crippen molar-refractivity contribution in [2.24, 2.45) is 5.92 Å². The lowest BCUT2D eigenvalue weighted by Gasteiger charge is -2.16. The maximum Gasteiger partial charge on any atom is 0.312 e. The predicted molar refractivity (Wildman–Crippen MR) is 35.8 cm³/mol. The number of ether oxygens (including phenoxy) is 2. The Bertz CT molecular complexity index is 258. The van der Waals surface area contributed by atoms with Crippen molar-refractivity contribution in [3.05, 3.63) is 12.2 Å². The Morgan fingerprint density at radius 3 is 3.27 bits per heavy atom. The van der Waals surface area contributed by atoms with Crippen molar-refractivity contribution in [2.75, 3.05) is 6.61 Å². The number of cyclic esters (lactones) is 1. The zero-order valence-electron chi connectivity index (χ0n) is 5.95. The molecular weight excluding hydrogens is 144 g/mol. The van der Waals surface area contributed by atoms with E-state index in [4.69, 9.17) is 9.47 Å². The maximum atomic E-state index is 11.1. The highest BCUT2D eigenvalue weighted by atomic mass is 16.6. The lowest BCUT2D eigenvalue weighted by atomic mass is 9.86. The summed E-state index contributed by atoms with van der Waals surface area (Å²) < 4.78 is 10.5. The Morgan fingerprint density at radius 2 is 2.55 bits per heavy atom. The van der Waals surface area contributed by atoms with E-state index in [-0.39, 0.29) is 23.6 Å². The van der Waals surface area contributed by atoms with Crippen molar-refractivity contribution in [3.8, 4) is 0 Å². The fraction of sp³-hybridized carbons (Fsp3) is 0.625. The van der Waals surface area contributed by atoms with Crippen LogP contribution in [0.4, 0.5) is 0 Å². The summed E-state index contributed by atoms with van der Waals surface area (Å²) in [5.74, 6) is -0.102. The molecule has 11 heavy (non-hydrogen) atoms. The van der Waals surface area contributed by atoms with E-state index in [1.54, 1.807) is 0 Å². The molecule has 0 aliphatic carbocycles. The number of esters is 1. The number of carbonyl (C=O) groups excluding carboxylic acids is 1. The second kappa shape index (κ2) is 1.50. The highest BCUT2D eigenvalue weighted by Crippen LogP contribution is 2.47. The second-order valence-corrected chi connectivity index (χ2v) is 3.37. The lowest BCUT2D eigenvalue weighted by Crippen LogP contribution is -2.31. The monoisotopic (exact) mass is 152 g/mol. The van der Waals surface area contributed by atoms with Crippen LogP contribution in [0.3, 0.4) is 0 Å². The van der Waals surface area contributed by atoms with E-state index in [9.17, 15) is 4.79 Å². The normalized spacial score (nSPS) is 51.5. The summed E-state index contributed by atoms with van der Waals surface area (Å²) >= 11 is 0. The molecule has 3 nitrogen and oxygen atoms in total. The zero-order valence-corrected chi connectivity index (χ0v) is 5.95. The molecule has 0 N–H and O–H groups in total. The van der Waals surface area contributed by atoms with Gasteiger partial charge in [0.2, 0.25) is 0 Å². The van der Waals surface area contributed by atoms with E-state index < -0.39 is 0 Å². The van der Waals surface area contributed by atoms with E-state index in [1.165, 1.54) is 0 Å². The topological polar surface area (TPSA) is 35.5 Å². The summed E-state index contributed by atoms with van der Waals surface area (Å²) in [5, 5.41) is 0. The Kier molecular flexibility index (Phi) is 0.790. The first-order valence-corrected chi connectivity index (χ1v) is 3.84. The van der Waals surface area contributed by atoms with Crippen LogP contribution < -0.4 is 0 Å². The summed E-state index contributed by atoms with van der Waals surface area (Å²) in [5.41, 5.74) is -0.359. The molecule has 1 spiro atoms. The Hall–Kier alpha value is -0.830. The molecular formula is C8H8O3. The lowest BCUT2D eigenvalue weighted by molar-refractivity contribution is -0.141. The average Bonchev–Trinajstić information content (AvgIpc) is 2.62.